The van der Waals surface area contributed by atoms with Crippen LogP contribution in [0.2, 0.25) is 0 Å². The molecule has 0 aliphatic carbocycles. The summed E-state index contributed by atoms with van der Waals surface area (Å²) in [4.78, 5) is 11.6. The van der Waals surface area contributed by atoms with Gasteiger partial charge in [-0.2, -0.15) is 0 Å². The molecule has 0 spiro atoms. The Bertz CT molecular complexity index is 213. The number of hydrogen-bond donors (Lipinski definition) is 2. The zero-order valence-corrected chi connectivity index (χ0v) is 10.6. The minimum Gasteiger partial charge on any atom is -0.381 e. The number of ether oxygens (including phenoxy) is 1. The van der Waals surface area contributed by atoms with Crippen LogP contribution in [0, 0.1) is 5.92 Å². The molecule has 0 saturated carbocycles. The molecule has 4 nitrogen and oxygen atoms in total. The Labute approximate surface area is 98.1 Å². The number of rotatable bonds is 5. The predicted octanol–water partition coefficient (Wildman–Crippen LogP) is 0.916. The molecule has 4 heteroatoms. The first-order valence-corrected chi connectivity index (χ1v) is 6.20. The van der Waals surface area contributed by atoms with Crippen molar-refractivity contribution < 1.29 is 9.53 Å². The van der Waals surface area contributed by atoms with Crippen molar-refractivity contribution in [1.82, 2.24) is 10.6 Å². The van der Waals surface area contributed by atoms with E-state index >= 15 is 0 Å². The third-order valence-corrected chi connectivity index (χ3v) is 3.17. The Kier molecular flexibility index (Phi) is 5.77. The first kappa shape index (κ1) is 13.5. The molecule has 16 heavy (non-hydrogen) atoms. The molecular weight excluding hydrogens is 204 g/mol. The average Bonchev–Trinajstić information content (AvgIpc) is 2.27. The van der Waals surface area contributed by atoms with Gasteiger partial charge in [-0.25, -0.2) is 0 Å². The first-order valence-electron chi connectivity index (χ1n) is 6.20. The topological polar surface area (TPSA) is 50.4 Å². The fourth-order valence-corrected chi connectivity index (χ4v) is 1.61. The van der Waals surface area contributed by atoms with Crippen LogP contribution in [-0.2, 0) is 9.53 Å². The van der Waals surface area contributed by atoms with Gasteiger partial charge in [-0.05, 0) is 25.7 Å². The highest BCUT2D eigenvalue weighted by atomic mass is 16.5. The van der Waals surface area contributed by atoms with Crippen molar-refractivity contribution in [3.8, 4) is 0 Å². The summed E-state index contributed by atoms with van der Waals surface area (Å²) >= 11 is 0. The van der Waals surface area contributed by atoms with Gasteiger partial charge in [-0.3, -0.25) is 4.79 Å². The summed E-state index contributed by atoms with van der Waals surface area (Å²) in [6.45, 7) is 8.34. The van der Waals surface area contributed by atoms with Gasteiger partial charge in [0.2, 0.25) is 5.91 Å². The molecule has 0 aromatic carbocycles. The fourth-order valence-electron chi connectivity index (χ4n) is 1.61. The molecule has 1 saturated heterocycles. The lowest BCUT2D eigenvalue weighted by Gasteiger charge is -2.24. The van der Waals surface area contributed by atoms with Crippen molar-refractivity contribution in [2.75, 3.05) is 19.8 Å². The van der Waals surface area contributed by atoms with Gasteiger partial charge in [0.15, 0.2) is 0 Å². The molecule has 1 aliphatic rings. The Morgan fingerprint density at radius 3 is 2.50 bits per heavy atom. The van der Waals surface area contributed by atoms with E-state index in [0.29, 0.717) is 24.5 Å². The second-order valence-electron chi connectivity index (χ2n) is 4.87. The summed E-state index contributed by atoms with van der Waals surface area (Å²) in [5, 5.41) is 6.26. The summed E-state index contributed by atoms with van der Waals surface area (Å²) in [6, 6.07) is 0.679. The minimum absolute atomic E-state index is 0.0967. The molecule has 1 atom stereocenters. The normalized spacial score (nSPS) is 19.8. The van der Waals surface area contributed by atoms with Gasteiger partial charge in [0, 0.05) is 25.3 Å². The zero-order chi connectivity index (χ0) is 12.0. The van der Waals surface area contributed by atoms with Crippen molar-refractivity contribution in [3.05, 3.63) is 0 Å². The molecular formula is C12H24N2O2. The molecule has 1 fully saturated rings. The second-order valence-corrected chi connectivity index (χ2v) is 4.87. The van der Waals surface area contributed by atoms with E-state index < -0.39 is 0 Å². The third kappa shape index (κ3) is 4.94. The van der Waals surface area contributed by atoms with Crippen LogP contribution in [0.5, 0.6) is 0 Å². The molecule has 0 bridgehead atoms. The molecule has 0 aromatic heterocycles. The predicted molar refractivity (Wildman–Crippen MR) is 64.3 cm³/mol. The summed E-state index contributed by atoms with van der Waals surface area (Å²) in [7, 11) is 0. The Hall–Kier alpha value is -0.610. The first-order chi connectivity index (χ1) is 7.59. The average molecular weight is 228 g/mol. The number of carbonyl (C=O) groups is 1. The lowest BCUT2D eigenvalue weighted by molar-refractivity contribution is -0.121. The number of amides is 1. The third-order valence-electron chi connectivity index (χ3n) is 3.17. The van der Waals surface area contributed by atoms with Gasteiger partial charge in [-0.15, -0.1) is 0 Å². The number of hydrogen-bond acceptors (Lipinski definition) is 3. The van der Waals surface area contributed by atoms with Crippen LogP contribution in [0.3, 0.4) is 0 Å². The van der Waals surface area contributed by atoms with Crippen LogP contribution >= 0.6 is 0 Å². The number of nitrogens with one attached hydrogen (secondary N) is 2. The van der Waals surface area contributed by atoms with Crippen LogP contribution < -0.4 is 10.6 Å². The summed E-state index contributed by atoms with van der Waals surface area (Å²) in [6.07, 6.45) is 1.87. The van der Waals surface area contributed by atoms with E-state index in [-0.39, 0.29) is 5.91 Å². The second kappa shape index (κ2) is 6.86. The lowest BCUT2D eigenvalue weighted by atomic mass is 10.1. The fraction of sp³-hybridized carbons (Fsp3) is 0.917. The lowest BCUT2D eigenvalue weighted by Crippen LogP contribution is -2.45. The zero-order valence-electron chi connectivity index (χ0n) is 10.6. The summed E-state index contributed by atoms with van der Waals surface area (Å²) in [5.74, 6) is 0.648. The highest BCUT2D eigenvalue weighted by Crippen LogP contribution is 2.05. The van der Waals surface area contributed by atoms with Crippen molar-refractivity contribution >= 4 is 5.91 Å². The van der Waals surface area contributed by atoms with E-state index in [0.717, 1.165) is 26.1 Å². The molecule has 1 rings (SSSR count). The summed E-state index contributed by atoms with van der Waals surface area (Å²) in [5.41, 5.74) is 0. The van der Waals surface area contributed by atoms with Crippen molar-refractivity contribution in [2.24, 2.45) is 5.92 Å². The molecule has 1 aliphatic heterocycles. The van der Waals surface area contributed by atoms with Crippen molar-refractivity contribution in [3.63, 3.8) is 0 Å². The van der Waals surface area contributed by atoms with Gasteiger partial charge in [0.25, 0.3) is 0 Å². The Balaban J connectivity index is 2.14. The van der Waals surface area contributed by atoms with Gasteiger partial charge in [0.05, 0.1) is 6.54 Å². The van der Waals surface area contributed by atoms with Crippen LogP contribution in [-0.4, -0.2) is 37.7 Å². The maximum absolute atomic E-state index is 11.6. The monoisotopic (exact) mass is 228 g/mol. The molecule has 0 aromatic rings. The van der Waals surface area contributed by atoms with E-state index in [2.05, 4.69) is 31.4 Å². The van der Waals surface area contributed by atoms with Crippen molar-refractivity contribution in [2.45, 2.75) is 45.7 Å². The van der Waals surface area contributed by atoms with Crippen LogP contribution in [0.1, 0.15) is 33.6 Å². The standard InChI is InChI=1S/C12H24N2O2/c1-9(2)10(3)13-8-12(15)14-11-4-6-16-7-5-11/h9-11,13H,4-8H2,1-3H3,(H,14,15). The van der Waals surface area contributed by atoms with E-state index in [9.17, 15) is 4.79 Å². The largest absolute Gasteiger partial charge is 0.381 e. The maximum Gasteiger partial charge on any atom is 0.234 e. The quantitative estimate of drug-likeness (QED) is 0.735. The van der Waals surface area contributed by atoms with Crippen LogP contribution in [0.4, 0.5) is 0 Å². The summed E-state index contributed by atoms with van der Waals surface area (Å²) < 4.78 is 5.24. The van der Waals surface area contributed by atoms with E-state index in [1.165, 1.54) is 0 Å². The molecule has 1 amide bonds. The Morgan fingerprint density at radius 1 is 1.31 bits per heavy atom. The SMILES string of the molecule is CC(C)C(C)NCC(=O)NC1CCOCC1. The molecule has 2 N–H and O–H groups in total. The van der Waals surface area contributed by atoms with Gasteiger partial charge in [-0.1, -0.05) is 13.8 Å². The van der Waals surface area contributed by atoms with E-state index in [4.69, 9.17) is 4.74 Å². The van der Waals surface area contributed by atoms with Crippen molar-refractivity contribution in [1.29, 1.82) is 0 Å². The minimum atomic E-state index is 0.0967. The van der Waals surface area contributed by atoms with E-state index in [1.54, 1.807) is 0 Å². The maximum atomic E-state index is 11.6. The van der Waals surface area contributed by atoms with Crippen LogP contribution in [0.15, 0.2) is 0 Å². The van der Waals surface area contributed by atoms with Gasteiger partial charge in [0.1, 0.15) is 0 Å². The Morgan fingerprint density at radius 2 is 1.94 bits per heavy atom. The molecule has 94 valence electrons. The van der Waals surface area contributed by atoms with Gasteiger partial charge < -0.3 is 15.4 Å². The smallest absolute Gasteiger partial charge is 0.234 e. The molecule has 0 radical (unpaired) electrons. The van der Waals surface area contributed by atoms with E-state index in [1.807, 2.05) is 0 Å². The molecule has 1 heterocycles. The number of carbonyl (C=O) groups excluding carboxylic acids is 1. The van der Waals surface area contributed by atoms with Crippen LogP contribution in [0.25, 0.3) is 0 Å². The molecule has 1 unspecified atom stereocenters. The van der Waals surface area contributed by atoms with Gasteiger partial charge >= 0.3 is 0 Å². The highest BCUT2D eigenvalue weighted by Gasteiger charge is 2.16. The highest BCUT2D eigenvalue weighted by molar-refractivity contribution is 5.78.